The van der Waals surface area contributed by atoms with Crippen molar-refractivity contribution in [3.05, 3.63) is 63.1 Å². The second-order valence-electron chi connectivity index (χ2n) is 3.89. The molecule has 1 heterocycles. The smallest absolute Gasteiger partial charge is 0.123 e. The summed E-state index contributed by atoms with van der Waals surface area (Å²) in [6.45, 7) is 0. The molecule has 0 fully saturated rings. The Kier molecular flexibility index (Phi) is 4.32. The molecule has 94 valence electrons. The van der Waals surface area contributed by atoms with Gasteiger partial charge in [0, 0.05) is 33.9 Å². The fraction of sp³-hybridized carbons (Fsp3) is 0.154. The molecule has 18 heavy (non-hydrogen) atoms. The molecule has 0 radical (unpaired) electrons. The van der Waals surface area contributed by atoms with Crippen LogP contribution in [0.25, 0.3) is 0 Å². The Bertz CT molecular complexity index is 564. The van der Waals surface area contributed by atoms with Crippen molar-refractivity contribution in [3.8, 4) is 0 Å². The number of aromatic nitrogens is 1. The molecular formula is C13H10BrClFNO. The van der Waals surface area contributed by atoms with Gasteiger partial charge >= 0.3 is 0 Å². The van der Waals surface area contributed by atoms with Crippen LogP contribution in [0.15, 0.2) is 41.1 Å². The summed E-state index contributed by atoms with van der Waals surface area (Å²) in [6.07, 6.45) is 2.68. The molecule has 1 unspecified atom stereocenters. The van der Waals surface area contributed by atoms with Gasteiger partial charge in [0.25, 0.3) is 0 Å². The van der Waals surface area contributed by atoms with Crippen LogP contribution < -0.4 is 0 Å². The molecule has 2 nitrogen and oxygen atoms in total. The van der Waals surface area contributed by atoms with E-state index in [9.17, 15) is 9.50 Å². The lowest BCUT2D eigenvalue weighted by Crippen LogP contribution is -2.03. The number of rotatable bonds is 3. The minimum Gasteiger partial charge on any atom is -0.388 e. The van der Waals surface area contributed by atoms with Crippen molar-refractivity contribution in [1.29, 1.82) is 0 Å². The number of pyridine rings is 1. The number of aliphatic hydroxyl groups is 1. The molecule has 2 rings (SSSR count). The maximum atomic E-state index is 13.1. The van der Waals surface area contributed by atoms with Crippen LogP contribution in [0.3, 0.4) is 0 Å². The fourth-order valence-electron chi connectivity index (χ4n) is 1.64. The number of aliphatic hydroxyl groups excluding tert-OH is 1. The predicted molar refractivity (Wildman–Crippen MR) is 72.0 cm³/mol. The van der Waals surface area contributed by atoms with Gasteiger partial charge in [-0.1, -0.05) is 11.6 Å². The molecule has 1 N–H and O–H groups in total. The largest absolute Gasteiger partial charge is 0.388 e. The molecule has 1 atom stereocenters. The van der Waals surface area contributed by atoms with E-state index in [1.54, 1.807) is 18.5 Å². The van der Waals surface area contributed by atoms with Crippen LogP contribution in [0.5, 0.6) is 0 Å². The molecule has 2 aromatic rings. The lowest BCUT2D eigenvalue weighted by atomic mass is 10.0. The summed E-state index contributed by atoms with van der Waals surface area (Å²) in [5.74, 6) is -0.367. The number of nitrogens with zero attached hydrogens (tertiary/aromatic N) is 1. The van der Waals surface area contributed by atoms with E-state index in [1.807, 2.05) is 0 Å². The summed E-state index contributed by atoms with van der Waals surface area (Å²) >= 11 is 9.24. The van der Waals surface area contributed by atoms with E-state index in [0.29, 0.717) is 16.1 Å². The summed E-state index contributed by atoms with van der Waals surface area (Å²) in [5.41, 5.74) is 1.23. The first kappa shape index (κ1) is 13.5. The lowest BCUT2D eigenvalue weighted by molar-refractivity contribution is 0.178. The van der Waals surface area contributed by atoms with E-state index >= 15 is 0 Å². The van der Waals surface area contributed by atoms with Crippen LogP contribution in [0.2, 0.25) is 5.02 Å². The maximum absolute atomic E-state index is 13.1. The maximum Gasteiger partial charge on any atom is 0.123 e. The molecule has 0 saturated heterocycles. The Morgan fingerprint density at radius 2 is 2.11 bits per heavy atom. The van der Waals surface area contributed by atoms with Crippen molar-refractivity contribution < 1.29 is 9.50 Å². The third kappa shape index (κ3) is 3.28. The van der Waals surface area contributed by atoms with Gasteiger partial charge in [0.05, 0.1) is 6.10 Å². The zero-order valence-corrected chi connectivity index (χ0v) is 11.6. The van der Waals surface area contributed by atoms with Gasteiger partial charge < -0.3 is 5.11 Å². The van der Waals surface area contributed by atoms with Crippen LogP contribution >= 0.6 is 27.5 Å². The first-order chi connectivity index (χ1) is 8.56. The van der Waals surface area contributed by atoms with Gasteiger partial charge in [-0.05, 0) is 45.8 Å². The zero-order valence-electron chi connectivity index (χ0n) is 9.28. The molecule has 0 aliphatic rings. The Morgan fingerprint density at radius 1 is 1.33 bits per heavy atom. The van der Waals surface area contributed by atoms with Gasteiger partial charge in [-0.15, -0.1) is 0 Å². The summed E-state index contributed by atoms with van der Waals surface area (Å²) in [6, 6.07) is 5.87. The quantitative estimate of drug-likeness (QED) is 0.925. The van der Waals surface area contributed by atoms with E-state index < -0.39 is 6.10 Å². The third-order valence-corrected chi connectivity index (χ3v) is 3.33. The molecule has 0 saturated carbocycles. The SMILES string of the molecule is OC(Cc1cc(F)ccc1Cl)c1cncc(Br)c1. The summed E-state index contributed by atoms with van der Waals surface area (Å²) in [4.78, 5) is 3.97. The third-order valence-electron chi connectivity index (χ3n) is 2.53. The average Bonchev–Trinajstić information content (AvgIpc) is 2.34. The first-order valence-electron chi connectivity index (χ1n) is 5.28. The second-order valence-corrected chi connectivity index (χ2v) is 5.22. The number of benzene rings is 1. The van der Waals surface area contributed by atoms with Gasteiger partial charge in [0.15, 0.2) is 0 Å². The molecule has 0 amide bonds. The van der Waals surface area contributed by atoms with Crippen molar-refractivity contribution in [1.82, 2.24) is 4.98 Å². The lowest BCUT2D eigenvalue weighted by Gasteiger charge is -2.12. The summed E-state index contributed by atoms with van der Waals surface area (Å²) in [7, 11) is 0. The topological polar surface area (TPSA) is 33.1 Å². The minimum absolute atomic E-state index is 0.245. The van der Waals surface area contributed by atoms with E-state index in [-0.39, 0.29) is 12.2 Å². The molecule has 0 aliphatic heterocycles. The average molecular weight is 331 g/mol. The van der Waals surface area contributed by atoms with E-state index in [0.717, 1.165) is 4.47 Å². The van der Waals surface area contributed by atoms with Gasteiger partial charge in [-0.2, -0.15) is 0 Å². The molecule has 1 aromatic carbocycles. The standard InChI is InChI=1S/C13H10BrClFNO/c14-10-3-9(6-17-7-10)13(18)5-8-4-11(16)1-2-12(8)15/h1-4,6-7,13,18H,5H2. The molecule has 0 bridgehead atoms. The van der Waals surface area contributed by atoms with Crippen molar-refractivity contribution in [2.24, 2.45) is 0 Å². The summed E-state index contributed by atoms with van der Waals surface area (Å²) < 4.78 is 13.9. The monoisotopic (exact) mass is 329 g/mol. The molecule has 1 aromatic heterocycles. The Morgan fingerprint density at radius 3 is 2.83 bits per heavy atom. The number of hydrogen-bond acceptors (Lipinski definition) is 2. The summed E-state index contributed by atoms with van der Waals surface area (Å²) in [5, 5.41) is 10.5. The van der Waals surface area contributed by atoms with E-state index in [1.165, 1.54) is 18.2 Å². The van der Waals surface area contributed by atoms with Crippen LogP contribution in [0.1, 0.15) is 17.2 Å². The fourth-order valence-corrected chi connectivity index (χ4v) is 2.21. The molecular weight excluding hydrogens is 321 g/mol. The highest BCUT2D eigenvalue weighted by Crippen LogP contribution is 2.25. The second kappa shape index (κ2) is 5.78. The Labute approximate surface area is 118 Å². The first-order valence-corrected chi connectivity index (χ1v) is 6.46. The minimum atomic E-state index is -0.769. The molecule has 0 aliphatic carbocycles. The van der Waals surface area contributed by atoms with Gasteiger partial charge in [0.2, 0.25) is 0 Å². The van der Waals surface area contributed by atoms with Crippen LogP contribution in [-0.2, 0) is 6.42 Å². The van der Waals surface area contributed by atoms with Gasteiger partial charge in [-0.25, -0.2) is 4.39 Å². The van der Waals surface area contributed by atoms with Crippen LogP contribution in [0.4, 0.5) is 4.39 Å². The van der Waals surface area contributed by atoms with Crippen molar-refractivity contribution in [2.45, 2.75) is 12.5 Å². The predicted octanol–water partition coefficient (Wildman–Crippen LogP) is 3.91. The highest BCUT2D eigenvalue weighted by atomic mass is 79.9. The van der Waals surface area contributed by atoms with E-state index in [2.05, 4.69) is 20.9 Å². The van der Waals surface area contributed by atoms with Crippen molar-refractivity contribution in [2.75, 3.05) is 0 Å². The van der Waals surface area contributed by atoms with Crippen molar-refractivity contribution in [3.63, 3.8) is 0 Å². The van der Waals surface area contributed by atoms with Gasteiger partial charge in [-0.3, -0.25) is 4.98 Å². The normalized spacial score (nSPS) is 12.4. The van der Waals surface area contributed by atoms with Crippen molar-refractivity contribution >= 4 is 27.5 Å². The highest BCUT2D eigenvalue weighted by molar-refractivity contribution is 9.10. The zero-order chi connectivity index (χ0) is 13.1. The van der Waals surface area contributed by atoms with Crippen LogP contribution in [0, 0.1) is 5.82 Å². The highest BCUT2D eigenvalue weighted by Gasteiger charge is 2.12. The molecule has 5 heteroatoms. The van der Waals surface area contributed by atoms with E-state index in [4.69, 9.17) is 11.6 Å². The van der Waals surface area contributed by atoms with Crippen LogP contribution in [-0.4, -0.2) is 10.1 Å². The molecule has 0 spiro atoms. The number of hydrogen-bond donors (Lipinski definition) is 1. The number of halogens is 3. The Balaban J connectivity index is 2.21. The van der Waals surface area contributed by atoms with Gasteiger partial charge in [0.1, 0.15) is 5.82 Å². The Hall–Kier alpha value is -0.970.